The summed E-state index contributed by atoms with van der Waals surface area (Å²) in [6.45, 7) is 0.961. The van der Waals surface area contributed by atoms with Crippen LogP contribution in [0, 0.1) is 0 Å². The summed E-state index contributed by atoms with van der Waals surface area (Å²) in [7, 11) is 1.56. The zero-order valence-corrected chi connectivity index (χ0v) is 9.40. The van der Waals surface area contributed by atoms with Crippen LogP contribution in [0.3, 0.4) is 0 Å². The monoisotopic (exact) mass is 223 g/mol. The van der Waals surface area contributed by atoms with Crippen LogP contribution >= 0.6 is 0 Å². The predicted molar refractivity (Wildman–Crippen MR) is 61.3 cm³/mol. The third kappa shape index (κ3) is 4.31. The van der Waals surface area contributed by atoms with E-state index in [1.165, 1.54) is 0 Å². The van der Waals surface area contributed by atoms with E-state index in [-0.39, 0.29) is 11.7 Å². The normalized spacial score (nSPS) is 10.1. The van der Waals surface area contributed by atoms with Crippen molar-refractivity contribution >= 4 is 5.91 Å². The summed E-state index contributed by atoms with van der Waals surface area (Å²) < 4.78 is 4.80. The molecule has 4 nitrogen and oxygen atoms in total. The van der Waals surface area contributed by atoms with Crippen LogP contribution in [0.1, 0.15) is 12.0 Å². The number of nitrogens with one attached hydrogen (secondary N) is 1. The van der Waals surface area contributed by atoms with Gasteiger partial charge >= 0.3 is 0 Å². The molecule has 0 unspecified atom stereocenters. The van der Waals surface area contributed by atoms with Gasteiger partial charge in [-0.25, -0.2) is 0 Å². The van der Waals surface area contributed by atoms with Crippen LogP contribution in [0.25, 0.3) is 0 Å². The summed E-state index contributed by atoms with van der Waals surface area (Å²) in [5.74, 6) is 0.242. The molecule has 0 aliphatic carbocycles. The molecule has 0 aromatic heterocycles. The second-order valence-corrected chi connectivity index (χ2v) is 3.47. The van der Waals surface area contributed by atoms with E-state index in [9.17, 15) is 9.90 Å². The minimum Gasteiger partial charge on any atom is -0.508 e. The molecule has 16 heavy (non-hydrogen) atoms. The topological polar surface area (TPSA) is 58.6 Å². The van der Waals surface area contributed by atoms with Crippen molar-refractivity contribution in [2.45, 2.75) is 12.8 Å². The summed E-state index contributed by atoms with van der Waals surface area (Å²) in [6, 6.07) is 7.12. The first-order chi connectivity index (χ1) is 7.74. The summed E-state index contributed by atoms with van der Waals surface area (Å²) in [4.78, 5) is 11.2. The van der Waals surface area contributed by atoms with Crippen molar-refractivity contribution in [1.29, 1.82) is 0 Å². The van der Waals surface area contributed by atoms with Gasteiger partial charge < -0.3 is 15.2 Å². The number of para-hydroxylation sites is 1. The fourth-order valence-corrected chi connectivity index (χ4v) is 1.34. The van der Waals surface area contributed by atoms with Crippen LogP contribution in [0.2, 0.25) is 0 Å². The molecule has 0 bridgehead atoms. The maximum Gasteiger partial charge on any atom is 0.222 e. The lowest BCUT2D eigenvalue weighted by Gasteiger charge is -2.06. The van der Waals surface area contributed by atoms with Gasteiger partial charge in [0.2, 0.25) is 5.91 Å². The Balaban J connectivity index is 2.25. The SMILES string of the molecule is COCCC(=O)NCCc1ccccc1O. The Kier molecular flexibility index (Phi) is 5.36. The quantitative estimate of drug-likeness (QED) is 0.759. The molecule has 88 valence electrons. The van der Waals surface area contributed by atoms with Crippen LogP contribution in [0.4, 0.5) is 0 Å². The number of rotatable bonds is 6. The largest absolute Gasteiger partial charge is 0.508 e. The van der Waals surface area contributed by atoms with E-state index in [1.807, 2.05) is 12.1 Å². The van der Waals surface area contributed by atoms with E-state index in [0.29, 0.717) is 26.0 Å². The molecule has 1 amide bonds. The van der Waals surface area contributed by atoms with Gasteiger partial charge in [0.15, 0.2) is 0 Å². The third-order valence-corrected chi connectivity index (χ3v) is 2.24. The van der Waals surface area contributed by atoms with Gasteiger partial charge in [-0.3, -0.25) is 4.79 Å². The number of hydrogen-bond acceptors (Lipinski definition) is 3. The maximum atomic E-state index is 11.2. The minimum absolute atomic E-state index is 0.0303. The van der Waals surface area contributed by atoms with Crippen molar-refractivity contribution in [2.75, 3.05) is 20.3 Å². The van der Waals surface area contributed by atoms with Gasteiger partial charge in [0.1, 0.15) is 5.75 Å². The molecule has 0 aliphatic rings. The van der Waals surface area contributed by atoms with Crippen molar-refractivity contribution in [1.82, 2.24) is 5.32 Å². The Morgan fingerprint density at radius 1 is 1.44 bits per heavy atom. The average molecular weight is 223 g/mol. The highest BCUT2D eigenvalue weighted by atomic mass is 16.5. The highest BCUT2D eigenvalue weighted by molar-refractivity contribution is 5.75. The molecule has 1 rings (SSSR count). The molecule has 0 radical (unpaired) electrons. The fraction of sp³-hybridized carbons (Fsp3) is 0.417. The smallest absolute Gasteiger partial charge is 0.222 e. The number of phenols is 1. The predicted octanol–water partition coefficient (Wildman–Crippen LogP) is 1.09. The lowest BCUT2D eigenvalue weighted by Crippen LogP contribution is -2.26. The molecular weight excluding hydrogens is 206 g/mol. The molecule has 0 heterocycles. The first-order valence-corrected chi connectivity index (χ1v) is 5.26. The molecule has 0 aliphatic heterocycles. The maximum absolute atomic E-state index is 11.2. The molecular formula is C12H17NO3. The Hall–Kier alpha value is -1.55. The zero-order valence-electron chi connectivity index (χ0n) is 9.40. The number of carbonyl (C=O) groups is 1. The van der Waals surface area contributed by atoms with E-state index in [1.54, 1.807) is 19.2 Å². The van der Waals surface area contributed by atoms with E-state index >= 15 is 0 Å². The van der Waals surface area contributed by atoms with Crippen molar-refractivity contribution in [3.8, 4) is 5.75 Å². The standard InChI is InChI=1S/C12H17NO3/c1-16-9-7-12(15)13-8-6-10-4-2-3-5-11(10)14/h2-5,14H,6-9H2,1H3,(H,13,15). The third-order valence-electron chi connectivity index (χ3n) is 2.24. The van der Waals surface area contributed by atoms with Crippen LogP contribution in [-0.2, 0) is 16.0 Å². The van der Waals surface area contributed by atoms with E-state index in [2.05, 4.69) is 5.32 Å². The van der Waals surface area contributed by atoms with Gasteiger partial charge in [0.25, 0.3) is 0 Å². The molecule has 0 spiro atoms. The molecule has 4 heteroatoms. The van der Waals surface area contributed by atoms with Gasteiger partial charge in [-0.1, -0.05) is 18.2 Å². The summed E-state index contributed by atoms with van der Waals surface area (Å²) in [5.41, 5.74) is 0.842. The first kappa shape index (κ1) is 12.5. The minimum atomic E-state index is -0.0303. The van der Waals surface area contributed by atoms with Gasteiger partial charge in [0.05, 0.1) is 6.61 Å². The number of amides is 1. The van der Waals surface area contributed by atoms with Gasteiger partial charge in [-0.2, -0.15) is 0 Å². The number of ether oxygens (including phenoxy) is 1. The van der Waals surface area contributed by atoms with Gasteiger partial charge in [0, 0.05) is 20.1 Å². The van der Waals surface area contributed by atoms with Gasteiger partial charge in [-0.05, 0) is 18.1 Å². The number of aromatic hydroxyl groups is 1. The van der Waals surface area contributed by atoms with Crippen molar-refractivity contribution < 1.29 is 14.6 Å². The van der Waals surface area contributed by atoms with Crippen LogP contribution in [-0.4, -0.2) is 31.3 Å². The Morgan fingerprint density at radius 3 is 2.88 bits per heavy atom. The van der Waals surface area contributed by atoms with Crippen molar-refractivity contribution in [3.05, 3.63) is 29.8 Å². The second-order valence-electron chi connectivity index (χ2n) is 3.47. The Bertz CT molecular complexity index is 339. The first-order valence-electron chi connectivity index (χ1n) is 5.26. The average Bonchev–Trinajstić information content (AvgIpc) is 2.29. The molecule has 1 aromatic carbocycles. The number of hydrogen-bond donors (Lipinski definition) is 2. The fourth-order valence-electron chi connectivity index (χ4n) is 1.34. The summed E-state index contributed by atoms with van der Waals surface area (Å²) in [6.07, 6.45) is 1.00. The molecule has 0 saturated heterocycles. The Morgan fingerprint density at radius 2 is 2.19 bits per heavy atom. The summed E-state index contributed by atoms with van der Waals surface area (Å²) >= 11 is 0. The molecule has 0 atom stereocenters. The Labute approximate surface area is 95.2 Å². The van der Waals surface area contributed by atoms with E-state index in [4.69, 9.17) is 4.74 Å². The van der Waals surface area contributed by atoms with Gasteiger partial charge in [-0.15, -0.1) is 0 Å². The van der Waals surface area contributed by atoms with Crippen LogP contribution in [0.15, 0.2) is 24.3 Å². The van der Waals surface area contributed by atoms with Crippen molar-refractivity contribution in [3.63, 3.8) is 0 Å². The molecule has 2 N–H and O–H groups in total. The lowest BCUT2D eigenvalue weighted by atomic mass is 10.1. The van der Waals surface area contributed by atoms with E-state index < -0.39 is 0 Å². The van der Waals surface area contributed by atoms with Crippen LogP contribution in [0.5, 0.6) is 5.75 Å². The van der Waals surface area contributed by atoms with Crippen molar-refractivity contribution in [2.24, 2.45) is 0 Å². The highest BCUT2D eigenvalue weighted by Crippen LogP contribution is 2.15. The van der Waals surface area contributed by atoms with Crippen LogP contribution < -0.4 is 5.32 Å². The second kappa shape index (κ2) is 6.85. The number of benzene rings is 1. The lowest BCUT2D eigenvalue weighted by molar-refractivity contribution is -0.121. The number of methoxy groups -OCH3 is 1. The molecule has 0 fully saturated rings. The number of carbonyl (C=O) groups excluding carboxylic acids is 1. The molecule has 1 aromatic rings. The molecule has 0 saturated carbocycles. The zero-order chi connectivity index (χ0) is 11.8. The summed E-state index contributed by atoms with van der Waals surface area (Å²) in [5, 5.41) is 12.2. The van der Waals surface area contributed by atoms with E-state index in [0.717, 1.165) is 5.56 Å². The number of phenolic OH excluding ortho intramolecular Hbond substituents is 1. The highest BCUT2D eigenvalue weighted by Gasteiger charge is 2.02.